The molecular weight excluding hydrogens is 209 g/mol. The van der Waals surface area contributed by atoms with Gasteiger partial charge in [-0.2, -0.15) is 13.2 Å². The summed E-state index contributed by atoms with van der Waals surface area (Å²) in [6.45, 7) is 1.86. The first-order valence-corrected chi connectivity index (χ1v) is 4.84. The lowest BCUT2D eigenvalue weighted by Crippen LogP contribution is -1.99. The minimum Gasteiger partial charge on any atom is -0.167 e. The standard InChI is InChI=1S/C10H9F3S/c1-8-4-2-3-5-9(8)14-7-6-10(11,12)13/h2-7H,1H3/b7-6+. The van der Waals surface area contributed by atoms with Crippen molar-refractivity contribution in [1.29, 1.82) is 0 Å². The zero-order chi connectivity index (χ0) is 10.6. The summed E-state index contributed by atoms with van der Waals surface area (Å²) in [5.74, 6) is 0. The van der Waals surface area contributed by atoms with Gasteiger partial charge in [-0.3, -0.25) is 0 Å². The molecule has 0 N–H and O–H groups in total. The second-order valence-electron chi connectivity index (χ2n) is 2.73. The number of aryl methyl sites for hydroxylation is 1. The molecule has 4 heteroatoms. The molecule has 0 atom stereocenters. The van der Waals surface area contributed by atoms with Gasteiger partial charge in [0.05, 0.1) is 0 Å². The Labute approximate surface area is 84.8 Å². The number of hydrogen-bond acceptors (Lipinski definition) is 1. The lowest BCUT2D eigenvalue weighted by Gasteiger charge is -2.01. The van der Waals surface area contributed by atoms with Crippen LogP contribution in [0.5, 0.6) is 0 Å². The van der Waals surface area contributed by atoms with Crippen molar-refractivity contribution in [3.8, 4) is 0 Å². The van der Waals surface area contributed by atoms with Crippen molar-refractivity contribution < 1.29 is 13.2 Å². The van der Waals surface area contributed by atoms with E-state index >= 15 is 0 Å². The monoisotopic (exact) mass is 218 g/mol. The van der Waals surface area contributed by atoms with Crippen LogP contribution in [0, 0.1) is 6.92 Å². The highest BCUT2D eigenvalue weighted by atomic mass is 32.2. The van der Waals surface area contributed by atoms with Crippen LogP contribution in [0.15, 0.2) is 40.6 Å². The zero-order valence-electron chi connectivity index (χ0n) is 7.51. The molecule has 14 heavy (non-hydrogen) atoms. The van der Waals surface area contributed by atoms with Crippen LogP contribution in [0.2, 0.25) is 0 Å². The molecule has 76 valence electrons. The third kappa shape index (κ3) is 3.87. The fourth-order valence-electron chi connectivity index (χ4n) is 0.873. The molecule has 0 saturated carbocycles. The van der Waals surface area contributed by atoms with Crippen LogP contribution in [-0.2, 0) is 0 Å². The van der Waals surface area contributed by atoms with Crippen molar-refractivity contribution in [3.63, 3.8) is 0 Å². The average molecular weight is 218 g/mol. The van der Waals surface area contributed by atoms with Crippen LogP contribution in [0.4, 0.5) is 13.2 Å². The molecule has 0 aliphatic heterocycles. The quantitative estimate of drug-likeness (QED) is 0.671. The van der Waals surface area contributed by atoms with E-state index in [2.05, 4.69) is 0 Å². The second kappa shape index (κ2) is 4.55. The maximum atomic E-state index is 11.8. The summed E-state index contributed by atoms with van der Waals surface area (Å²) in [6.07, 6.45) is -3.99. The summed E-state index contributed by atoms with van der Waals surface area (Å²) >= 11 is 1.07. The van der Waals surface area contributed by atoms with Gasteiger partial charge in [-0.15, -0.1) is 0 Å². The Morgan fingerprint density at radius 1 is 1.21 bits per heavy atom. The Morgan fingerprint density at radius 3 is 2.43 bits per heavy atom. The van der Waals surface area contributed by atoms with E-state index in [1.54, 1.807) is 12.1 Å². The lowest BCUT2D eigenvalue weighted by molar-refractivity contribution is -0.0796. The summed E-state index contributed by atoms with van der Waals surface area (Å²) in [5, 5.41) is 1.06. The molecule has 0 heterocycles. The van der Waals surface area contributed by atoms with Crippen LogP contribution in [0.3, 0.4) is 0 Å². The number of rotatable bonds is 2. The molecule has 0 aliphatic carbocycles. The highest BCUT2D eigenvalue weighted by Crippen LogP contribution is 2.25. The molecule has 1 aromatic rings. The minimum absolute atomic E-state index is 0.240. The van der Waals surface area contributed by atoms with Gasteiger partial charge in [0.15, 0.2) is 0 Å². The predicted molar refractivity (Wildman–Crippen MR) is 52.2 cm³/mol. The fraction of sp³-hybridized carbons (Fsp3) is 0.200. The van der Waals surface area contributed by atoms with Crippen LogP contribution in [0.25, 0.3) is 0 Å². The van der Waals surface area contributed by atoms with Crippen molar-refractivity contribution in [2.75, 3.05) is 0 Å². The number of benzene rings is 1. The zero-order valence-corrected chi connectivity index (χ0v) is 8.32. The Hall–Kier alpha value is -0.900. The van der Waals surface area contributed by atoms with E-state index in [0.717, 1.165) is 27.6 Å². The molecule has 0 aromatic heterocycles. The molecule has 0 aliphatic rings. The van der Waals surface area contributed by atoms with Gasteiger partial charge in [0.2, 0.25) is 0 Å². The molecule has 0 nitrogen and oxygen atoms in total. The molecule has 0 saturated heterocycles. The van der Waals surface area contributed by atoms with E-state index in [1.807, 2.05) is 19.1 Å². The van der Waals surface area contributed by atoms with Crippen molar-refractivity contribution >= 4 is 11.8 Å². The van der Waals surface area contributed by atoms with Gasteiger partial charge in [0, 0.05) is 11.0 Å². The Morgan fingerprint density at radius 2 is 1.86 bits per heavy atom. The van der Waals surface area contributed by atoms with E-state index < -0.39 is 6.18 Å². The summed E-state index contributed by atoms with van der Waals surface area (Å²) in [7, 11) is 0. The van der Waals surface area contributed by atoms with Crippen LogP contribution in [0.1, 0.15) is 5.56 Å². The molecule has 0 bridgehead atoms. The van der Waals surface area contributed by atoms with E-state index in [0.29, 0.717) is 0 Å². The van der Waals surface area contributed by atoms with Gasteiger partial charge < -0.3 is 0 Å². The first-order chi connectivity index (χ1) is 6.49. The van der Waals surface area contributed by atoms with Gasteiger partial charge in [0.1, 0.15) is 0 Å². The molecule has 0 fully saturated rings. The normalized spacial score (nSPS) is 12.3. The average Bonchev–Trinajstić information content (AvgIpc) is 2.06. The van der Waals surface area contributed by atoms with E-state index in [-0.39, 0.29) is 6.08 Å². The third-order valence-corrected chi connectivity index (χ3v) is 2.53. The van der Waals surface area contributed by atoms with Crippen LogP contribution >= 0.6 is 11.8 Å². The number of alkyl halides is 3. The van der Waals surface area contributed by atoms with E-state index in [4.69, 9.17) is 0 Å². The van der Waals surface area contributed by atoms with Crippen LogP contribution < -0.4 is 0 Å². The second-order valence-corrected chi connectivity index (χ2v) is 3.68. The lowest BCUT2D eigenvalue weighted by atomic mass is 10.2. The van der Waals surface area contributed by atoms with E-state index in [9.17, 15) is 13.2 Å². The summed E-state index contributed by atoms with van der Waals surface area (Å²) in [4.78, 5) is 0.841. The number of thioether (sulfide) groups is 1. The van der Waals surface area contributed by atoms with Crippen molar-refractivity contribution in [2.45, 2.75) is 18.0 Å². The Balaban J connectivity index is 2.63. The number of hydrogen-bond donors (Lipinski definition) is 0. The molecule has 0 amide bonds. The van der Waals surface area contributed by atoms with Crippen molar-refractivity contribution in [1.82, 2.24) is 0 Å². The van der Waals surface area contributed by atoms with Gasteiger partial charge in [-0.1, -0.05) is 30.0 Å². The molecule has 1 aromatic carbocycles. The van der Waals surface area contributed by atoms with Crippen LogP contribution in [-0.4, -0.2) is 6.18 Å². The summed E-state index contributed by atoms with van der Waals surface area (Å²) < 4.78 is 35.3. The SMILES string of the molecule is Cc1ccccc1S/C=C/C(F)(F)F. The molecule has 0 spiro atoms. The molecule has 0 unspecified atom stereocenters. The largest absolute Gasteiger partial charge is 0.410 e. The number of halogens is 3. The fourth-order valence-corrected chi connectivity index (χ4v) is 1.65. The minimum atomic E-state index is -4.23. The maximum absolute atomic E-state index is 11.8. The van der Waals surface area contributed by atoms with Crippen molar-refractivity contribution in [3.05, 3.63) is 41.3 Å². The summed E-state index contributed by atoms with van der Waals surface area (Å²) in [5.41, 5.74) is 0.976. The molecular formula is C10H9F3S. The Bertz CT molecular complexity index is 328. The van der Waals surface area contributed by atoms with Gasteiger partial charge in [-0.05, 0) is 24.0 Å². The number of allylic oxidation sites excluding steroid dienone is 1. The first kappa shape index (κ1) is 11.2. The van der Waals surface area contributed by atoms with Gasteiger partial charge in [-0.25, -0.2) is 0 Å². The highest BCUT2D eigenvalue weighted by molar-refractivity contribution is 8.02. The summed E-state index contributed by atoms with van der Waals surface area (Å²) in [6, 6.07) is 7.31. The van der Waals surface area contributed by atoms with Gasteiger partial charge >= 0.3 is 6.18 Å². The van der Waals surface area contributed by atoms with E-state index in [1.165, 1.54) is 0 Å². The predicted octanol–water partition coefficient (Wildman–Crippen LogP) is 4.16. The molecule has 0 radical (unpaired) electrons. The Kier molecular flexibility index (Phi) is 3.63. The smallest absolute Gasteiger partial charge is 0.167 e. The highest BCUT2D eigenvalue weighted by Gasteiger charge is 2.21. The third-order valence-electron chi connectivity index (χ3n) is 1.55. The first-order valence-electron chi connectivity index (χ1n) is 3.96. The van der Waals surface area contributed by atoms with Crippen molar-refractivity contribution in [2.24, 2.45) is 0 Å². The molecule has 1 rings (SSSR count). The van der Waals surface area contributed by atoms with Gasteiger partial charge in [0.25, 0.3) is 0 Å². The topological polar surface area (TPSA) is 0 Å². The maximum Gasteiger partial charge on any atom is 0.410 e.